The third-order valence-electron chi connectivity index (χ3n) is 5.33. The Labute approximate surface area is 182 Å². The van der Waals surface area contributed by atoms with Crippen molar-refractivity contribution < 1.29 is 14.3 Å². The number of nitrogens with zero attached hydrogens (tertiary/aromatic N) is 3. The van der Waals surface area contributed by atoms with E-state index in [1.807, 2.05) is 55.5 Å². The van der Waals surface area contributed by atoms with Gasteiger partial charge in [0.25, 0.3) is 5.91 Å². The van der Waals surface area contributed by atoms with Crippen LogP contribution in [-0.2, 0) is 17.8 Å². The minimum atomic E-state index is -0.680. The van der Waals surface area contributed by atoms with E-state index in [4.69, 9.17) is 9.47 Å². The van der Waals surface area contributed by atoms with Crippen LogP contribution in [0.15, 0.2) is 48.5 Å². The van der Waals surface area contributed by atoms with Gasteiger partial charge in [-0.25, -0.2) is 0 Å². The van der Waals surface area contributed by atoms with Gasteiger partial charge in [0.1, 0.15) is 17.3 Å². The Morgan fingerprint density at radius 3 is 2.87 bits per heavy atom. The molecule has 7 heteroatoms. The standard InChI is InChI=1S/C24H28N4O3/c1-3-30-21-13-7-6-12-20(21)25-24(29)17(2)31-19-11-9-10-18(16-19)23-27-26-22-14-5-4-8-15-28(22)23/h6-7,9-13,16-17H,3-5,8,14-15H2,1-2H3,(H,25,29). The van der Waals surface area contributed by atoms with Gasteiger partial charge in [0.05, 0.1) is 12.3 Å². The Morgan fingerprint density at radius 2 is 2.00 bits per heavy atom. The van der Waals surface area contributed by atoms with Crippen LogP contribution in [0.4, 0.5) is 5.69 Å². The number of nitrogens with one attached hydrogen (secondary N) is 1. The average molecular weight is 421 g/mol. The molecule has 1 atom stereocenters. The predicted molar refractivity (Wildman–Crippen MR) is 119 cm³/mol. The number of fused-ring (bicyclic) bond motifs is 1. The van der Waals surface area contributed by atoms with Crippen molar-refractivity contribution in [3.05, 3.63) is 54.4 Å². The number of aryl methyl sites for hydroxylation is 1. The first-order valence-corrected chi connectivity index (χ1v) is 10.9. The molecule has 0 saturated heterocycles. The molecule has 31 heavy (non-hydrogen) atoms. The van der Waals surface area contributed by atoms with Gasteiger partial charge in [0.2, 0.25) is 0 Å². The van der Waals surface area contributed by atoms with E-state index in [2.05, 4.69) is 20.1 Å². The van der Waals surface area contributed by atoms with Crippen molar-refractivity contribution in [2.75, 3.05) is 11.9 Å². The second kappa shape index (κ2) is 9.64. The summed E-state index contributed by atoms with van der Waals surface area (Å²) >= 11 is 0. The highest BCUT2D eigenvalue weighted by Crippen LogP contribution is 2.27. The first-order valence-electron chi connectivity index (χ1n) is 10.9. The van der Waals surface area contributed by atoms with E-state index in [-0.39, 0.29) is 5.91 Å². The molecule has 1 N–H and O–H groups in total. The van der Waals surface area contributed by atoms with Crippen LogP contribution in [0.25, 0.3) is 11.4 Å². The lowest BCUT2D eigenvalue weighted by molar-refractivity contribution is -0.122. The molecule has 4 rings (SSSR count). The molecule has 1 aliphatic heterocycles. The summed E-state index contributed by atoms with van der Waals surface area (Å²) in [4.78, 5) is 12.7. The minimum absolute atomic E-state index is 0.242. The number of rotatable bonds is 7. The lowest BCUT2D eigenvalue weighted by Gasteiger charge is -2.17. The number of carbonyl (C=O) groups is 1. The van der Waals surface area contributed by atoms with Crippen LogP contribution in [0.1, 0.15) is 38.9 Å². The van der Waals surface area contributed by atoms with Crippen molar-refractivity contribution in [1.29, 1.82) is 0 Å². The summed E-state index contributed by atoms with van der Waals surface area (Å²) in [6.07, 6.45) is 3.78. The van der Waals surface area contributed by atoms with Crippen molar-refractivity contribution in [2.45, 2.75) is 52.2 Å². The largest absolute Gasteiger partial charge is 0.492 e. The second-order valence-corrected chi connectivity index (χ2v) is 7.61. The molecule has 0 bridgehead atoms. The maximum atomic E-state index is 12.7. The summed E-state index contributed by atoms with van der Waals surface area (Å²) in [5.74, 6) is 2.91. The number of para-hydroxylation sites is 2. The van der Waals surface area contributed by atoms with Crippen molar-refractivity contribution in [2.24, 2.45) is 0 Å². The summed E-state index contributed by atoms with van der Waals surface area (Å²) in [7, 11) is 0. The SMILES string of the molecule is CCOc1ccccc1NC(=O)C(C)Oc1cccc(-c2nnc3n2CCCCC3)c1. The molecular weight excluding hydrogens is 392 g/mol. The fourth-order valence-electron chi connectivity index (χ4n) is 3.75. The maximum Gasteiger partial charge on any atom is 0.265 e. The zero-order chi connectivity index (χ0) is 21.6. The molecule has 1 aliphatic rings. The van der Waals surface area contributed by atoms with Gasteiger partial charge in [0, 0.05) is 18.5 Å². The van der Waals surface area contributed by atoms with Gasteiger partial charge >= 0.3 is 0 Å². The number of anilines is 1. The van der Waals surface area contributed by atoms with Gasteiger partial charge < -0.3 is 19.4 Å². The molecule has 0 radical (unpaired) electrons. The third kappa shape index (κ3) is 4.87. The fourth-order valence-corrected chi connectivity index (χ4v) is 3.75. The smallest absolute Gasteiger partial charge is 0.265 e. The van der Waals surface area contributed by atoms with E-state index in [1.54, 1.807) is 6.92 Å². The van der Waals surface area contributed by atoms with Crippen molar-refractivity contribution >= 4 is 11.6 Å². The van der Waals surface area contributed by atoms with E-state index >= 15 is 0 Å². The number of hydrogen-bond donors (Lipinski definition) is 1. The predicted octanol–water partition coefficient (Wildman–Crippen LogP) is 4.48. The highest BCUT2D eigenvalue weighted by atomic mass is 16.5. The summed E-state index contributed by atoms with van der Waals surface area (Å²) < 4.78 is 13.7. The van der Waals surface area contributed by atoms with Gasteiger partial charge in [0.15, 0.2) is 11.9 Å². The number of amides is 1. The molecule has 2 aromatic carbocycles. The average Bonchev–Trinajstić information content (AvgIpc) is 3.03. The van der Waals surface area contributed by atoms with Crippen LogP contribution in [0.3, 0.4) is 0 Å². The monoisotopic (exact) mass is 420 g/mol. The molecular formula is C24H28N4O3. The summed E-state index contributed by atoms with van der Waals surface area (Å²) in [6, 6.07) is 15.0. The lowest BCUT2D eigenvalue weighted by Crippen LogP contribution is -2.30. The van der Waals surface area contributed by atoms with Crippen LogP contribution in [0.2, 0.25) is 0 Å². The van der Waals surface area contributed by atoms with Crippen molar-refractivity contribution in [3.63, 3.8) is 0 Å². The molecule has 0 spiro atoms. The molecule has 0 fully saturated rings. The summed E-state index contributed by atoms with van der Waals surface area (Å²) in [5.41, 5.74) is 1.57. The molecule has 2 heterocycles. The molecule has 1 unspecified atom stereocenters. The zero-order valence-electron chi connectivity index (χ0n) is 18.0. The molecule has 0 aliphatic carbocycles. The molecule has 0 saturated carbocycles. The number of benzene rings is 2. The number of carbonyl (C=O) groups excluding carboxylic acids is 1. The number of aromatic nitrogens is 3. The summed E-state index contributed by atoms with van der Waals surface area (Å²) in [5, 5.41) is 11.7. The van der Waals surface area contributed by atoms with E-state index in [0.29, 0.717) is 23.8 Å². The maximum absolute atomic E-state index is 12.7. The first-order chi connectivity index (χ1) is 15.2. The Bertz CT molecular complexity index is 1050. The van der Waals surface area contributed by atoms with Gasteiger partial charge in [-0.05, 0) is 51.0 Å². The van der Waals surface area contributed by atoms with Crippen LogP contribution in [0, 0.1) is 0 Å². The fraction of sp³-hybridized carbons (Fsp3) is 0.375. The normalized spacial score (nSPS) is 14.3. The number of hydrogen-bond acceptors (Lipinski definition) is 5. The van der Waals surface area contributed by atoms with Gasteiger partial charge in [-0.3, -0.25) is 4.79 Å². The van der Waals surface area contributed by atoms with Gasteiger partial charge in [-0.15, -0.1) is 10.2 Å². The van der Waals surface area contributed by atoms with Crippen LogP contribution in [-0.4, -0.2) is 33.4 Å². The topological polar surface area (TPSA) is 78.3 Å². The van der Waals surface area contributed by atoms with Crippen LogP contribution in [0.5, 0.6) is 11.5 Å². The Hall–Kier alpha value is -3.35. The zero-order valence-corrected chi connectivity index (χ0v) is 18.0. The first kappa shape index (κ1) is 20.9. The van der Waals surface area contributed by atoms with Crippen LogP contribution < -0.4 is 14.8 Å². The Balaban J connectivity index is 1.47. The molecule has 3 aromatic rings. The Morgan fingerprint density at radius 1 is 1.13 bits per heavy atom. The van der Waals surface area contributed by atoms with E-state index in [9.17, 15) is 4.79 Å². The quantitative estimate of drug-likeness (QED) is 0.610. The molecule has 162 valence electrons. The highest BCUT2D eigenvalue weighted by Gasteiger charge is 2.19. The lowest BCUT2D eigenvalue weighted by atomic mass is 10.2. The molecule has 1 aromatic heterocycles. The van der Waals surface area contributed by atoms with E-state index in [0.717, 1.165) is 43.0 Å². The van der Waals surface area contributed by atoms with Gasteiger partial charge in [-0.1, -0.05) is 30.7 Å². The van der Waals surface area contributed by atoms with Crippen LogP contribution >= 0.6 is 0 Å². The highest BCUT2D eigenvalue weighted by molar-refractivity contribution is 5.95. The van der Waals surface area contributed by atoms with Crippen molar-refractivity contribution in [3.8, 4) is 22.9 Å². The van der Waals surface area contributed by atoms with Gasteiger partial charge in [-0.2, -0.15) is 0 Å². The minimum Gasteiger partial charge on any atom is -0.492 e. The molecule has 7 nitrogen and oxygen atoms in total. The van der Waals surface area contributed by atoms with E-state index < -0.39 is 6.10 Å². The summed E-state index contributed by atoms with van der Waals surface area (Å²) in [6.45, 7) is 5.10. The second-order valence-electron chi connectivity index (χ2n) is 7.61. The third-order valence-corrected chi connectivity index (χ3v) is 5.33. The Kier molecular flexibility index (Phi) is 6.50. The van der Waals surface area contributed by atoms with E-state index in [1.165, 1.54) is 6.42 Å². The molecule has 1 amide bonds. The number of ether oxygens (including phenoxy) is 2. The van der Waals surface area contributed by atoms with Crippen molar-refractivity contribution in [1.82, 2.24) is 14.8 Å².